The van der Waals surface area contributed by atoms with E-state index in [-0.39, 0.29) is 17.3 Å². The molecule has 0 aliphatic heterocycles. The van der Waals surface area contributed by atoms with Crippen molar-refractivity contribution in [1.29, 1.82) is 0 Å². The Bertz CT molecular complexity index is 416. The second-order valence-electron chi connectivity index (χ2n) is 4.35. The molecular formula is C13H17BrFNO. The Morgan fingerprint density at radius 3 is 2.47 bits per heavy atom. The van der Waals surface area contributed by atoms with Gasteiger partial charge in [-0.25, -0.2) is 4.39 Å². The number of benzene rings is 1. The summed E-state index contributed by atoms with van der Waals surface area (Å²) in [5.41, 5.74) is 0.241. The summed E-state index contributed by atoms with van der Waals surface area (Å²) in [6.07, 6.45) is 1.71. The molecule has 0 unspecified atom stereocenters. The topological polar surface area (TPSA) is 29.1 Å². The van der Waals surface area contributed by atoms with E-state index >= 15 is 0 Å². The Morgan fingerprint density at radius 2 is 2.00 bits per heavy atom. The predicted octanol–water partition coefficient (Wildman–Crippen LogP) is 3.90. The normalized spacial score (nSPS) is 11.4. The fraction of sp³-hybridized carbons (Fsp3) is 0.462. The number of hydrogen-bond acceptors (Lipinski definition) is 1. The highest BCUT2D eigenvalue weighted by molar-refractivity contribution is 9.10. The maximum absolute atomic E-state index is 12.9. The Labute approximate surface area is 110 Å². The lowest BCUT2D eigenvalue weighted by Crippen LogP contribution is -2.45. The van der Waals surface area contributed by atoms with Crippen molar-refractivity contribution in [2.75, 3.05) is 0 Å². The highest BCUT2D eigenvalue weighted by atomic mass is 79.9. The molecule has 0 radical (unpaired) electrons. The van der Waals surface area contributed by atoms with Gasteiger partial charge in [0.1, 0.15) is 5.82 Å². The molecule has 0 spiro atoms. The first-order chi connectivity index (χ1) is 7.91. The molecule has 17 heavy (non-hydrogen) atoms. The van der Waals surface area contributed by atoms with Crippen molar-refractivity contribution in [2.45, 2.75) is 39.2 Å². The van der Waals surface area contributed by atoms with Crippen molar-refractivity contribution in [1.82, 2.24) is 5.32 Å². The van der Waals surface area contributed by atoms with Gasteiger partial charge in [-0.1, -0.05) is 13.8 Å². The van der Waals surface area contributed by atoms with E-state index in [9.17, 15) is 9.18 Å². The third kappa shape index (κ3) is 3.53. The van der Waals surface area contributed by atoms with Crippen LogP contribution in [-0.2, 0) is 0 Å². The maximum Gasteiger partial charge on any atom is 0.252 e. The fourth-order valence-corrected chi connectivity index (χ4v) is 1.97. The lowest BCUT2D eigenvalue weighted by molar-refractivity contribution is 0.0900. The first-order valence-corrected chi connectivity index (χ1v) is 6.48. The lowest BCUT2D eigenvalue weighted by atomic mass is 9.95. The number of hydrogen-bond donors (Lipinski definition) is 1. The second-order valence-corrected chi connectivity index (χ2v) is 5.20. The Balaban J connectivity index is 2.90. The molecule has 0 atom stereocenters. The molecule has 0 bridgehead atoms. The third-order valence-corrected chi connectivity index (χ3v) is 3.81. The van der Waals surface area contributed by atoms with E-state index < -0.39 is 0 Å². The smallest absolute Gasteiger partial charge is 0.252 e. The molecule has 0 aliphatic carbocycles. The molecule has 0 fully saturated rings. The highest BCUT2D eigenvalue weighted by Crippen LogP contribution is 2.20. The average Bonchev–Trinajstić information content (AvgIpc) is 2.28. The van der Waals surface area contributed by atoms with Crippen molar-refractivity contribution >= 4 is 21.8 Å². The summed E-state index contributed by atoms with van der Waals surface area (Å²) in [5.74, 6) is -0.537. The predicted molar refractivity (Wildman–Crippen MR) is 70.6 cm³/mol. The molecule has 1 rings (SSSR count). The molecule has 0 aliphatic rings. The third-order valence-electron chi connectivity index (χ3n) is 3.15. The van der Waals surface area contributed by atoms with E-state index in [1.807, 2.05) is 20.8 Å². The van der Waals surface area contributed by atoms with E-state index in [4.69, 9.17) is 0 Å². The zero-order valence-electron chi connectivity index (χ0n) is 10.3. The summed E-state index contributed by atoms with van der Waals surface area (Å²) in [6, 6.07) is 4.07. The van der Waals surface area contributed by atoms with Gasteiger partial charge in [0.25, 0.3) is 5.91 Å². The SMILES string of the molecule is CCC(C)(CC)NC(=O)c1ccc(F)cc1Br. The maximum atomic E-state index is 12.9. The summed E-state index contributed by atoms with van der Waals surface area (Å²) >= 11 is 3.20. The summed E-state index contributed by atoms with van der Waals surface area (Å²) in [7, 11) is 0. The zero-order chi connectivity index (χ0) is 13.1. The van der Waals surface area contributed by atoms with Gasteiger partial charge < -0.3 is 5.32 Å². The van der Waals surface area contributed by atoms with Crippen LogP contribution in [-0.4, -0.2) is 11.4 Å². The van der Waals surface area contributed by atoms with Crippen molar-refractivity contribution in [3.8, 4) is 0 Å². The molecule has 1 amide bonds. The number of rotatable bonds is 4. The largest absolute Gasteiger partial charge is 0.347 e. The quantitative estimate of drug-likeness (QED) is 0.898. The summed E-state index contributed by atoms with van der Waals surface area (Å²) < 4.78 is 13.4. The van der Waals surface area contributed by atoms with Crippen LogP contribution in [0.2, 0.25) is 0 Å². The molecule has 1 N–H and O–H groups in total. The van der Waals surface area contributed by atoms with E-state index in [0.717, 1.165) is 12.8 Å². The van der Waals surface area contributed by atoms with Gasteiger partial charge in [0.15, 0.2) is 0 Å². The van der Waals surface area contributed by atoms with Gasteiger partial charge in [0.2, 0.25) is 0 Å². The van der Waals surface area contributed by atoms with Gasteiger partial charge in [-0.3, -0.25) is 4.79 Å². The molecule has 2 nitrogen and oxygen atoms in total. The summed E-state index contributed by atoms with van der Waals surface area (Å²) in [4.78, 5) is 12.0. The van der Waals surface area contributed by atoms with Crippen LogP contribution in [0.15, 0.2) is 22.7 Å². The minimum Gasteiger partial charge on any atom is -0.347 e. The van der Waals surface area contributed by atoms with Crippen LogP contribution in [0.3, 0.4) is 0 Å². The Kier molecular flexibility index (Phi) is 4.69. The van der Waals surface area contributed by atoms with Crippen LogP contribution in [0.5, 0.6) is 0 Å². The van der Waals surface area contributed by atoms with Crippen LogP contribution < -0.4 is 5.32 Å². The van der Waals surface area contributed by atoms with Crippen LogP contribution in [0, 0.1) is 5.82 Å². The monoisotopic (exact) mass is 301 g/mol. The molecule has 94 valence electrons. The Hall–Kier alpha value is -0.900. The molecule has 1 aromatic rings. The van der Waals surface area contributed by atoms with Crippen molar-refractivity contribution in [3.63, 3.8) is 0 Å². The standard InChI is InChI=1S/C13H17BrFNO/c1-4-13(3,5-2)16-12(17)10-7-6-9(15)8-11(10)14/h6-8H,4-5H2,1-3H3,(H,16,17). The minimum atomic E-state index is -0.359. The first-order valence-electron chi connectivity index (χ1n) is 5.69. The summed E-state index contributed by atoms with van der Waals surface area (Å²) in [6.45, 7) is 6.06. The van der Waals surface area contributed by atoms with Gasteiger partial charge >= 0.3 is 0 Å². The van der Waals surface area contributed by atoms with Crippen LogP contribution in [0.4, 0.5) is 4.39 Å². The number of carbonyl (C=O) groups excluding carboxylic acids is 1. The van der Waals surface area contributed by atoms with Gasteiger partial charge in [-0.15, -0.1) is 0 Å². The molecular weight excluding hydrogens is 285 g/mol. The first kappa shape index (κ1) is 14.2. The molecule has 0 aromatic heterocycles. The van der Waals surface area contributed by atoms with Gasteiger partial charge in [0.05, 0.1) is 5.56 Å². The Morgan fingerprint density at radius 1 is 1.41 bits per heavy atom. The molecule has 0 saturated carbocycles. The number of halogens is 2. The number of amides is 1. The fourth-order valence-electron chi connectivity index (χ4n) is 1.44. The lowest BCUT2D eigenvalue weighted by Gasteiger charge is -2.28. The van der Waals surface area contributed by atoms with Crippen LogP contribution >= 0.6 is 15.9 Å². The van der Waals surface area contributed by atoms with Gasteiger partial charge in [-0.2, -0.15) is 0 Å². The molecule has 0 saturated heterocycles. The van der Waals surface area contributed by atoms with Crippen LogP contribution in [0.25, 0.3) is 0 Å². The average molecular weight is 302 g/mol. The van der Waals surface area contributed by atoms with Crippen molar-refractivity contribution < 1.29 is 9.18 Å². The number of nitrogens with one attached hydrogen (secondary N) is 1. The highest BCUT2D eigenvalue weighted by Gasteiger charge is 2.23. The summed E-state index contributed by atoms with van der Waals surface area (Å²) in [5, 5.41) is 2.98. The zero-order valence-corrected chi connectivity index (χ0v) is 11.9. The van der Waals surface area contributed by atoms with Crippen LogP contribution in [0.1, 0.15) is 44.0 Å². The number of carbonyl (C=O) groups is 1. The van der Waals surface area contributed by atoms with E-state index in [1.165, 1.54) is 18.2 Å². The van der Waals surface area contributed by atoms with Crippen molar-refractivity contribution in [3.05, 3.63) is 34.1 Å². The van der Waals surface area contributed by atoms with E-state index in [0.29, 0.717) is 10.0 Å². The second kappa shape index (κ2) is 5.63. The van der Waals surface area contributed by atoms with E-state index in [1.54, 1.807) is 0 Å². The minimum absolute atomic E-state index is 0.178. The van der Waals surface area contributed by atoms with Crippen molar-refractivity contribution in [2.24, 2.45) is 0 Å². The van der Waals surface area contributed by atoms with Gasteiger partial charge in [0, 0.05) is 10.0 Å². The van der Waals surface area contributed by atoms with E-state index in [2.05, 4.69) is 21.2 Å². The van der Waals surface area contributed by atoms with Gasteiger partial charge in [-0.05, 0) is 53.9 Å². The molecule has 0 heterocycles. The molecule has 1 aromatic carbocycles. The molecule has 4 heteroatoms.